The van der Waals surface area contributed by atoms with Crippen LogP contribution in [0, 0.1) is 11.5 Å². The van der Waals surface area contributed by atoms with Crippen molar-refractivity contribution in [1.82, 2.24) is 14.4 Å². The fourth-order valence-corrected chi connectivity index (χ4v) is 1.79. The van der Waals surface area contributed by atoms with E-state index in [2.05, 4.69) is 41.1 Å². The summed E-state index contributed by atoms with van der Waals surface area (Å²) in [5, 5.41) is 0. The Kier molecular flexibility index (Phi) is 2.44. The highest BCUT2D eigenvalue weighted by Gasteiger charge is 2.08. The quantitative estimate of drug-likeness (QED) is 0.552. The van der Waals surface area contributed by atoms with Gasteiger partial charge in [-0.2, -0.15) is 0 Å². The Hall–Kier alpha value is -1.80. The fourth-order valence-electron chi connectivity index (χ4n) is 1.28. The summed E-state index contributed by atoms with van der Waals surface area (Å²) in [4.78, 5) is 8.23. The standard InChI is InChI=1S/C11H14N4Si/c1-16(2,3)7-4-9-8-14-10(12)11-13-5-6-15(9)11/h5-6,8H,1-3H3,(H2,12,14). The van der Waals surface area contributed by atoms with Gasteiger partial charge >= 0.3 is 0 Å². The lowest BCUT2D eigenvalue weighted by atomic mass is 10.4. The van der Waals surface area contributed by atoms with Gasteiger partial charge in [0.15, 0.2) is 11.5 Å². The Bertz CT molecular complexity index is 583. The van der Waals surface area contributed by atoms with E-state index in [9.17, 15) is 0 Å². The van der Waals surface area contributed by atoms with Gasteiger partial charge in [-0.05, 0) is 0 Å². The Morgan fingerprint density at radius 2 is 2.06 bits per heavy atom. The summed E-state index contributed by atoms with van der Waals surface area (Å²) in [6.45, 7) is 6.61. The number of hydrogen-bond donors (Lipinski definition) is 1. The van der Waals surface area contributed by atoms with Gasteiger partial charge in [-0.15, -0.1) is 5.54 Å². The van der Waals surface area contributed by atoms with E-state index in [1.807, 2.05) is 10.6 Å². The summed E-state index contributed by atoms with van der Waals surface area (Å²) < 4.78 is 1.87. The maximum atomic E-state index is 5.72. The second-order valence-electron chi connectivity index (χ2n) is 4.65. The molecule has 0 unspecified atom stereocenters. The van der Waals surface area contributed by atoms with Crippen LogP contribution in [0.2, 0.25) is 19.6 Å². The van der Waals surface area contributed by atoms with Crippen molar-refractivity contribution in [3.63, 3.8) is 0 Å². The highest BCUT2D eigenvalue weighted by Crippen LogP contribution is 2.10. The van der Waals surface area contributed by atoms with Gasteiger partial charge in [-0.3, -0.25) is 4.40 Å². The maximum absolute atomic E-state index is 5.72. The lowest BCUT2D eigenvalue weighted by Crippen LogP contribution is -2.16. The first-order valence-electron chi connectivity index (χ1n) is 5.08. The van der Waals surface area contributed by atoms with Crippen LogP contribution >= 0.6 is 0 Å². The molecule has 0 aromatic carbocycles. The minimum Gasteiger partial charge on any atom is -0.381 e. The molecule has 0 aliphatic rings. The Balaban J connectivity index is 2.57. The monoisotopic (exact) mass is 230 g/mol. The van der Waals surface area contributed by atoms with E-state index in [0.29, 0.717) is 11.5 Å². The van der Waals surface area contributed by atoms with Crippen molar-refractivity contribution in [2.24, 2.45) is 0 Å². The highest BCUT2D eigenvalue weighted by atomic mass is 28.3. The van der Waals surface area contributed by atoms with E-state index < -0.39 is 8.07 Å². The predicted octanol–water partition coefficient (Wildman–Crippen LogP) is 1.54. The maximum Gasteiger partial charge on any atom is 0.180 e. The molecule has 0 radical (unpaired) electrons. The minimum atomic E-state index is -1.37. The van der Waals surface area contributed by atoms with Crippen LogP contribution in [0.1, 0.15) is 5.69 Å². The van der Waals surface area contributed by atoms with Gasteiger partial charge < -0.3 is 5.73 Å². The smallest absolute Gasteiger partial charge is 0.180 e. The summed E-state index contributed by atoms with van der Waals surface area (Å²) in [5.74, 6) is 3.59. The van der Waals surface area contributed by atoms with E-state index in [0.717, 1.165) is 5.69 Å². The predicted molar refractivity (Wildman–Crippen MR) is 67.6 cm³/mol. The number of aromatic nitrogens is 3. The molecule has 2 aromatic rings. The number of nitrogens with two attached hydrogens (primary N) is 1. The van der Waals surface area contributed by atoms with E-state index in [4.69, 9.17) is 5.73 Å². The van der Waals surface area contributed by atoms with E-state index in [1.54, 1.807) is 12.4 Å². The van der Waals surface area contributed by atoms with Gasteiger partial charge in [0.2, 0.25) is 0 Å². The molecule has 0 bridgehead atoms. The van der Waals surface area contributed by atoms with Gasteiger partial charge in [-0.1, -0.05) is 25.6 Å². The van der Waals surface area contributed by atoms with Crippen LogP contribution in [0.25, 0.3) is 5.65 Å². The molecule has 0 atom stereocenters. The first-order valence-corrected chi connectivity index (χ1v) is 8.58. The second-order valence-corrected chi connectivity index (χ2v) is 9.40. The molecular weight excluding hydrogens is 216 g/mol. The molecule has 4 nitrogen and oxygen atoms in total. The van der Waals surface area contributed by atoms with Crippen LogP contribution in [-0.2, 0) is 0 Å². The summed E-state index contributed by atoms with van der Waals surface area (Å²) >= 11 is 0. The van der Waals surface area contributed by atoms with Crippen molar-refractivity contribution in [3.05, 3.63) is 24.3 Å². The van der Waals surface area contributed by atoms with E-state index in [-0.39, 0.29) is 0 Å². The number of fused-ring (bicyclic) bond motifs is 1. The van der Waals surface area contributed by atoms with E-state index >= 15 is 0 Å². The van der Waals surface area contributed by atoms with Crippen molar-refractivity contribution in [1.29, 1.82) is 0 Å². The van der Waals surface area contributed by atoms with Gasteiger partial charge in [-0.25, -0.2) is 9.97 Å². The number of anilines is 1. The molecule has 16 heavy (non-hydrogen) atoms. The lowest BCUT2D eigenvalue weighted by Gasteiger charge is -2.04. The topological polar surface area (TPSA) is 56.2 Å². The third-order valence-corrected chi connectivity index (χ3v) is 2.90. The molecule has 2 N–H and O–H groups in total. The average Bonchev–Trinajstić information content (AvgIpc) is 2.65. The third kappa shape index (κ3) is 2.07. The number of nitrogens with zero attached hydrogens (tertiary/aromatic N) is 3. The summed E-state index contributed by atoms with van der Waals surface area (Å²) in [5.41, 5.74) is 10.5. The molecule has 2 heterocycles. The average molecular weight is 230 g/mol. The molecule has 5 heteroatoms. The van der Waals surface area contributed by atoms with Crippen LogP contribution < -0.4 is 5.73 Å². The van der Waals surface area contributed by atoms with Gasteiger partial charge in [0.1, 0.15) is 13.8 Å². The molecule has 0 amide bonds. The zero-order valence-electron chi connectivity index (χ0n) is 9.65. The fraction of sp³-hybridized carbons (Fsp3) is 0.273. The third-order valence-electron chi connectivity index (χ3n) is 2.02. The number of hydrogen-bond acceptors (Lipinski definition) is 3. The van der Waals surface area contributed by atoms with Gasteiger partial charge in [0.05, 0.1) is 6.20 Å². The molecular formula is C11H14N4Si. The molecule has 0 spiro atoms. The van der Waals surface area contributed by atoms with Crippen molar-refractivity contribution in [3.8, 4) is 11.5 Å². The van der Waals surface area contributed by atoms with Crippen LogP contribution in [-0.4, -0.2) is 22.4 Å². The van der Waals surface area contributed by atoms with Crippen LogP contribution in [0.15, 0.2) is 18.6 Å². The second kappa shape index (κ2) is 3.65. The van der Waals surface area contributed by atoms with Crippen molar-refractivity contribution in [2.75, 3.05) is 5.73 Å². The Morgan fingerprint density at radius 1 is 1.31 bits per heavy atom. The molecule has 0 aliphatic heterocycles. The van der Waals surface area contributed by atoms with Crippen molar-refractivity contribution < 1.29 is 0 Å². The Labute approximate surface area is 95.5 Å². The summed E-state index contributed by atoms with van der Waals surface area (Å²) in [6.07, 6.45) is 5.24. The highest BCUT2D eigenvalue weighted by molar-refractivity contribution is 6.83. The van der Waals surface area contributed by atoms with Crippen molar-refractivity contribution in [2.45, 2.75) is 19.6 Å². The molecule has 0 aliphatic carbocycles. The van der Waals surface area contributed by atoms with Gasteiger partial charge in [0.25, 0.3) is 0 Å². The SMILES string of the molecule is C[Si](C)(C)C#Cc1cnc(N)c2nccn12. The van der Waals surface area contributed by atoms with Gasteiger partial charge in [0, 0.05) is 12.4 Å². The molecule has 82 valence electrons. The number of nitrogen functional groups attached to an aromatic ring is 1. The normalized spacial score (nSPS) is 11.2. The largest absolute Gasteiger partial charge is 0.381 e. The first kappa shape index (κ1) is 10.7. The summed E-state index contributed by atoms with van der Waals surface area (Å²) in [6, 6.07) is 0. The lowest BCUT2D eigenvalue weighted by molar-refractivity contribution is 1.11. The zero-order chi connectivity index (χ0) is 11.8. The Morgan fingerprint density at radius 3 is 2.75 bits per heavy atom. The molecule has 0 saturated carbocycles. The van der Waals surface area contributed by atoms with Crippen LogP contribution in [0.5, 0.6) is 0 Å². The van der Waals surface area contributed by atoms with E-state index in [1.165, 1.54) is 0 Å². The molecule has 0 fully saturated rings. The summed E-state index contributed by atoms with van der Waals surface area (Å²) in [7, 11) is -1.37. The van der Waals surface area contributed by atoms with Crippen LogP contribution in [0.3, 0.4) is 0 Å². The zero-order valence-corrected chi connectivity index (χ0v) is 10.7. The number of imidazole rings is 1. The molecule has 2 aromatic heterocycles. The number of rotatable bonds is 0. The van der Waals surface area contributed by atoms with Crippen molar-refractivity contribution >= 4 is 19.5 Å². The minimum absolute atomic E-state index is 0.434. The molecule has 0 saturated heterocycles. The first-order chi connectivity index (χ1) is 7.47. The molecule has 2 rings (SSSR count). The van der Waals surface area contributed by atoms with Crippen LogP contribution in [0.4, 0.5) is 5.82 Å².